The van der Waals surface area contributed by atoms with Crippen LogP contribution >= 0.6 is 23.8 Å². The Balaban J connectivity index is 2.96. The molecule has 0 fully saturated rings. The molecule has 2 nitrogen and oxygen atoms in total. The van der Waals surface area contributed by atoms with E-state index in [1.165, 1.54) is 0 Å². The Morgan fingerprint density at radius 3 is 2.86 bits per heavy atom. The topological polar surface area (TPSA) is 38.0 Å². The Labute approximate surface area is 94.4 Å². The van der Waals surface area contributed by atoms with Gasteiger partial charge in [0.05, 0.1) is 0 Å². The van der Waals surface area contributed by atoms with Crippen molar-refractivity contribution in [3.63, 3.8) is 0 Å². The first-order valence-corrected chi connectivity index (χ1v) is 5.27. The predicted molar refractivity (Wildman–Crippen MR) is 66.1 cm³/mol. The molecule has 4 heteroatoms. The van der Waals surface area contributed by atoms with Crippen LogP contribution in [0.25, 0.3) is 0 Å². The Morgan fingerprint density at radius 2 is 2.29 bits per heavy atom. The van der Waals surface area contributed by atoms with Crippen LogP contribution in [0.1, 0.15) is 18.9 Å². The summed E-state index contributed by atoms with van der Waals surface area (Å²) >= 11 is 10.8. The van der Waals surface area contributed by atoms with Crippen molar-refractivity contribution in [3.05, 3.63) is 28.8 Å². The minimum atomic E-state index is 0.367. The zero-order chi connectivity index (χ0) is 10.6. The van der Waals surface area contributed by atoms with Gasteiger partial charge in [0, 0.05) is 22.8 Å². The summed E-state index contributed by atoms with van der Waals surface area (Å²) in [6.45, 7) is 3.00. The fraction of sp³-hybridized carbons (Fsp3) is 0.300. The van der Waals surface area contributed by atoms with Gasteiger partial charge in [0.2, 0.25) is 0 Å². The molecule has 0 aromatic heterocycles. The first-order valence-electron chi connectivity index (χ1n) is 4.48. The largest absolute Gasteiger partial charge is 0.389 e. The molecule has 1 rings (SSSR count). The van der Waals surface area contributed by atoms with Crippen molar-refractivity contribution in [1.82, 2.24) is 0 Å². The van der Waals surface area contributed by atoms with Crippen LogP contribution in [0.5, 0.6) is 0 Å². The summed E-state index contributed by atoms with van der Waals surface area (Å²) in [5, 5.41) is 3.89. The third-order valence-electron chi connectivity index (χ3n) is 1.81. The molecule has 0 saturated heterocycles. The normalized spacial score (nSPS) is 9.86. The van der Waals surface area contributed by atoms with Crippen LogP contribution in [-0.2, 0) is 0 Å². The molecule has 14 heavy (non-hydrogen) atoms. The van der Waals surface area contributed by atoms with Crippen LogP contribution in [0.15, 0.2) is 18.2 Å². The first kappa shape index (κ1) is 11.3. The monoisotopic (exact) mass is 228 g/mol. The number of benzene rings is 1. The number of nitrogens with one attached hydrogen (secondary N) is 1. The SMILES string of the molecule is CCCNc1ccc(Cl)cc1C(N)=S. The molecule has 0 heterocycles. The predicted octanol–water partition coefficient (Wildman–Crippen LogP) is 2.80. The molecule has 3 N–H and O–H groups in total. The van der Waals surface area contributed by atoms with E-state index in [9.17, 15) is 0 Å². The van der Waals surface area contributed by atoms with Crippen molar-refractivity contribution < 1.29 is 0 Å². The molecule has 0 amide bonds. The Kier molecular flexibility index (Phi) is 4.17. The molecule has 76 valence electrons. The van der Waals surface area contributed by atoms with Crippen LogP contribution in [-0.4, -0.2) is 11.5 Å². The average molecular weight is 229 g/mol. The number of rotatable bonds is 4. The maximum Gasteiger partial charge on any atom is 0.106 e. The molecule has 1 aromatic carbocycles. The minimum absolute atomic E-state index is 0.367. The third kappa shape index (κ3) is 2.86. The summed E-state index contributed by atoms with van der Waals surface area (Å²) < 4.78 is 0. The van der Waals surface area contributed by atoms with E-state index in [0.717, 1.165) is 24.2 Å². The number of nitrogens with two attached hydrogens (primary N) is 1. The summed E-state index contributed by atoms with van der Waals surface area (Å²) in [5.74, 6) is 0. The second-order valence-electron chi connectivity index (χ2n) is 2.98. The van der Waals surface area contributed by atoms with Crippen molar-refractivity contribution >= 4 is 34.5 Å². The molecule has 0 saturated carbocycles. The van der Waals surface area contributed by atoms with Gasteiger partial charge in [-0.1, -0.05) is 30.7 Å². The quantitative estimate of drug-likeness (QED) is 0.779. The van der Waals surface area contributed by atoms with Gasteiger partial charge in [-0.3, -0.25) is 0 Å². The highest BCUT2D eigenvalue weighted by molar-refractivity contribution is 7.80. The summed E-state index contributed by atoms with van der Waals surface area (Å²) in [6.07, 6.45) is 1.05. The van der Waals surface area contributed by atoms with E-state index in [1.54, 1.807) is 6.07 Å². The van der Waals surface area contributed by atoms with Crippen molar-refractivity contribution in [1.29, 1.82) is 0 Å². The molecule has 0 aliphatic rings. The number of thiocarbonyl (C=S) groups is 1. The highest BCUT2D eigenvalue weighted by Gasteiger charge is 2.04. The lowest BCUT2D eigenvalue weighted by atomic mass is 10.1. The third-order valence-corrected chi connectivity index (χ3v) is 2.27. The number of hydrogen-bond acceptors (Lipinski definition) is 2. The molecular formula is C10H13ClN2S. The second-order valence-corrected chi connectivity index (χ2v) is 3.86. The molecule has 0 atom stereocenters. The molecule has 0 radical (unpaired) electrons. The van der Waals surface area contributed by atoms with Gasteiger partial charge in [0.15, 0.2) is 0 Å². The van der Waals surface area contributed by atoms with E-state index in [-0.39, 0.29) is 0 Å². The molecule has 0 aliphatic carbocycles. The Morgan fingerprint density at radius 1 is 1.57 bits per heavy atom. The Bertz CT molecular complexity index is 339. The summed E-state index contributed by atoms with van der Waals surface area (Å²) in [6, 6.07) is 5.50. The lowest BCUT2D eigenvalue weighted by Gasteiger charge is -2.10. The maximum absolute atomic E-state index is 5.85. The van der Waals surface area contributed by atoms with Gasteiger partial charge in [0.25, 0.3) is 0 Å². The fourth-order valence-electron chi connectivity index (χ4n) is 1.13. The van der Waals surface area contributed by atoms with Crippen LogP contribution in [0.4, 0.5) is 5.69 Å². The highest BCUT2D eigenvalue weighted by atomic mass is 35.5. The van der Waals surface area contributed by atoms with Gasteiger partial charge < -0.3 is 11.1 Å². The minimum Gasteiger partial charge on any atom is -0.389 e. The van der Waals surface area contributed by atoms with E-state index >= 15 is 0 Å². The van der Waals surface area contributed by atoms with Crippen molar-refractivity contribution in [3.8, 4) is 0 Å². The highest BCUT2D eigenvalue weighted by Crippen LogP contribution is 2.20. The van der Waals surface area contributed by atoms with Gasteiger partial charge in [-0.2, -0.15) is 0 Å². The van der Waals surface area contributed by atoms with E-state index in [4.69, 9.17) is 29.6 Å². The van der Waals surface area contributed by atoms with Gasteiger partial charge in [-0.25, -0.2) is 0 Å². The fourth-order valence-corrected chi connectivity index (χ4v) is 1.48. The zero-order valence-corrected chi connectivity index (χ0v) is 9.58. The van der Waals surface area contributed by atoms with Gasteiger partial charge in [0.1, 0.15) is 4.99 Å². The summed E-state index contributed by atoms with van der Waals surface area (Å²) in [5.41, 5.74) is 7.34. The molecule has 0 aliphatic heterocycles. The maximum atomic E-state index is 5.85. The van der Waals surface area contributed by atoms with Crippen LogP contribution in [0, 0.1) is 0 Å². The molecule has 0 bridgehead atoms. The van der Waals surface area contributed by atoms with Crippen molar-refractivity contribution in [2.24, 2.45) is 5.73 Å². The van der Waals surface area contributed by atoms with Gasteiger partial charge in [-0.15, -0.1) is 0 Å². The number of hydrogen-bond donors (Lipinski definition) is 2. The number of anilines is 1. The molecule has 0 unspecified atom stereocenters. The average Bonchev–Trinajstić information content (AvgIpc) is 2.15. The van der Waals surface area contributed by atoms with E-state index in [1.807, 2.05) is 12.1 Å². The lowest BCUT2D eigenvalue weighted by molar-refractivity contribution is 0.979. The van der Waals surface area contributed by atoms with Crippen LogP contribution in [0.3, 0.4) is 0 Å². The van der Waals surface area contributed by atoms with Crippen molar-refractivity contribution in [2.75, 3.05) is 11.9 Å². The van der Waals surface area contributed by atoms with E-state index in [0.29, 0.717) is 10.0 Å². The summed E-state index contributed by atoms with van der Waals surface area (Å²) in [7, 11) is 0. The van der Waals surface area contributed by atoms with Gasteiger partial charge >= 0.3 is 0 Å². The van der Waals surface area contributed by atoms with E-state index in [2.05, 4.69) is 12.2 Å². The number of halogens is 1. The van der Waals surface area contributed by atoms with E-state index < -0.39 is 0 Å². The Hall–Kier alpha value is -0.800. The van der Waals surface area contributed by atoms with Crippen LogP contribution < -0.4 is 11.1 Å². The first-order chi connectivity index (χ1) is 6.65. The molecule has 0 spiro atoms. The second kappa shape index (κ2) is 5.17. The van der Waals surface area contributed by atoms with Crippen molar-refractivity contribution in [2.45, 2.75) is 13.3 Å². The standard InChI is InChI=1S/C10H13ClN2S/c1-2-5-13-9-4-3-7(11)6-8(9)10(12)14/h3-4,6,13H,2,5H2,1H3,(H2,12,14). The zero-order valence-electron chi connectivity index (χ0n) is 8.01. The summed E-state index contributed by atoms with van der Waals surface area (Å²) in [4.78, 5) is 0.367. The smallest absolute Gasteiger partial charge is 0.106 e. The molecular weight excluding hydrogens is 216 g/mol. The molecule has 1 aromatic rings. The lowest BCUT2D eigenvalue weighted by Crippen LogP contribution is -2.13. The van der Waals surface area contributed by atoms with Gasteiger partial charge in [-0.05, 0) is 24.6 Å². The van der Waals surface area contributed by atoms with Crippen LogP contribution in [0.2, 0.25) is 5.02 Å².